The standard InChI is InChI=1S/C13H17FN2O4S/c1-19-8-7-9(20-2)16-10(15-8)13(21)6-4-3-5-12(13,14)11(17)18/h7,21H,3-6H2,1-2H3,(H,17,18). The van der Waals surface area contributed by atoms with E-state index < -0.39 is 16.4 Å². The summed E-state index contributed by atoms with van der Waals surface area (Å²) in [6.07, 6.45) is 1.21. The van der Waals surface area contributed by atoms with Gasteiger partial charge in [-0.15, -0.1) is 0 Å². The first-order valence-corrected chi connectivity index (χ1v) is 6.94. The Morgan fingerprint density at radius 3 is 2.29 bits per heavy atom. The van der Waals surface area contributed by atoms with Crippen molar-refractivity contribution in [2.75, 3.05) is 14.2 Å². The minimum absolute atomic E-state index is 0.0355. The second-order valence-corrected chi connectivity index (χ2v) is 5.71. The highest BCUT2D eigenvalue weighted by Gasteiger charge is 2.60. The van der Waals surface area contributed by atoms with Gasteiger partial charge in [0, 0.05) is 0 Å². The molecule has 1 fully saturated rings. The van der Waals surface area contributed by atoms with Gasteiger partial charge in [0.1, 0.15) is 4.75 Å². The summed E-state index contributed by atoms with van der Waals surface area (Å²) in [5.74, 6) is -1.25. The molecule has 0 amide bonds. The molecule has 2 atom stereocenters. The van der Waals surface area contributed by atoms with Gasteiger partial charge in [-0.05, 0) is 19.3 Å². The van der Waals surface area contributed by atoms with Gasteiger partial charge in [0.25, 0.3) is 0 Å². The summed E-state index contributed by atoms with van der Waals surface area (Å²) in [5, 5.41) is 9.31. The lowest BCUT2D eigenvalue weighted by Gasteiger charge is -2.41. The molecule has 0 bridgehead atoms. The number of hydrogen-bond acceptors (Lipinski definition) is 6. The second kappa shape index (κ2) is 5.67. The molecule has 0 aromatic carbocycles. The lowest BCUT2D eigenvalue weighted by molar-refractivity contribution is -0.156. The van der Waals surface area contributed by atoms with Crippen LogP contribution in [0.1, 0.15) is 31.5 Å². The number of methoxy groups -OCH3 is 2. The minimum atomic E-state index is -2.54. The minimum Gasteiger partial charge on any atom is -0.481 e. The largest absolute Gasteiger partial charge is 0.481 e. The number of hydrogen-bond donors (Lipinski definition) is 2. The molecule has 2 unspecified atom stereocenters. The van der Waals surface area contributed by atoms with Gasteiger partial charge in [-0.2, -0.15) is 22.6 Å². The molecule has 8 heteroatoms. The van der Waals surface area contributed by atoms with E-state index >= 15 is 4.39 Å². The van der Waals surface area contributed by atoms with E-state index in [1.807, 2.05) is 0 Å². The van der Waals surface area contributed by atoms with Crippen LogP contribution in [-0.2, 0) is 9.54 Å². The Hall–Kier alpha value is -1.57. The number of carboxylic acids is 1. The quantitative estimate of drug-likeness (QED) is 0.827. The maximum atomic E-state index is 15.1. The number of aliphatic carboxylic acids is 1. The van der Waals surface area contributed by atoms with Crippen molar-refractivity contribution in [2.45, 2.75) is 36.1 Å². The van der Waals surface area contributed by atoms with Crippen molar-refractivity contribution in [3.05, 3.63) is 11.9 Å². The van der Waals surface area contributed by atoms with Crippen molar-refractivity contribution in [3.8, 4) is 11.8 Å². The highest BCUT2D eigenvalue weighted by atomic mass is 32.1. The molecular formula is C13H17FN2O4S. The Morgan fingerprint density at radius 2 is 1.81 bits per heavy atom. The smallest absolute Gasteiger partial charge is 0.343 e. The van der Waals surface area contributed by atoms with Crippen LogP contribution in [0.15, 0.2) is 6.07 Å². The van der Waals surface area contributed by atoms with E-state index in [9.17, 15) is 9.90 Å². The van der Waals surface area contributed by atoms with E-state index in [2.05, 4.69) is 22.6 Å². The van der Waals surface area contributed by atoms with E-state index in [0.29, 0.717) is 12.8 Å². The molecule has 21 heavy (non-hydrogen) atoms. The van der Waals surface area contributed by atoms with Gasteiger partial charge in [0.2, 0.25) is 17.4 Å². The van der Waals surface area contributed by atoms with Gasteiger partial charge >= 0.3 is 5.97 Å². The summed E-state index contributed by atoms with van der Waals surface area (Å²) in [4.78, 5) is 19.6. The van der Waals surface area contributed by atoms with Crippen LogP contribution >= 0.6 is 12.6 Å². The number of carboxylic acid groups (broad SMARTS) is 1. The van der Waals surface area contributed by atoms with Crippen molar-refractivity contribution >= 4 is 18.6 Å². The topological polar surface area (TPSA) is 81.5 Å². The fourth-order valence-corrected chi connectivity index (χ4v) is 2.99. The van der Waals surface area contributed by atoms with Crippen molar-refractivity contribution in [3.63, 3.8) is 0 Å². The Bertz CT molecular complexity index is 537. The third-order valence-corrected chi connectivity index (χ3v) is 4.55. The molecule has 0 spiro atoms. The average molecular weight is 316 g/mol. The van der Waals surface area contributed by atoms with Crippen LogP contribution in [0.4, 0.5) is 4.39 Å². The van der Waals surface area contributed by atoms with E-state index in [4.69, 9.17) is 9.47 Å². The Kier molecular flexibility index (Phi) is 4.27. The van der Waals surface area contributed by atoms with E-state index in [1.165, 1.54) is 20.3 Å². The first-order chi connectivity index (χ1) is 9.87. The normalized spacial score (nSPS) is 29.0. The van der Waals surface area contributed by atoms with E-state index in [0.717, 1.165) is 0 Å². The van der Waals surface area contributed by atoms with Crippen LogP contribution in [0.5, 0.6) is 11.8 Å². The predicted octanol–water partition coefficient (Wildman–Crippen LogP) is 1.99. The van der Waals surface area contributed by atoms with E-state index in [-0.39, 0.29) is 30.4 Å². The fourth-order valence-electron chi connectivity index (χ4n) is 2.53. The van der Waals surface area contributed by atoms with Gasteiger partial charge in [-0.3, -0.25) is 0 Å². The molecule has 0 aliphatic heterocycles. The Balaban J connectivity index is 2.58. The molecule has 2 rings (SSSR count). The lowest BCUT2D eigenvalue weighted by atomic mass is 9.75. The number of alkyl halides is 1. The monoisotopic (exact) mass is 316 g/mol. The summed E-state index contributed by atoms with van der Waals surface area (Å²) < 4.78 is 23.5. The highest BCUT2D eigenvalue weighted by molar-refractivity contribution is 7.81. The lowest BCUT2D eigenvalue weighted by Crippen LogP contribution is -2.53. The number of ether oxygens (including phenoxy) is 2. The fraction of sp³-hybridized carbons (Fsp3) is 0.615. The number of halogens is 1. The summed E-state index contributed by atoms with van der Waals surface area (Å²) in [6.45, 7) is 0. The van der Waals surface area contributed by atoms with Crippen molar-refractivity contribution in [1.82, 2.24) is 9.97 Å². The SMILES string of the molecule is COc1cc(OC)nc(C2(S)CCCCC2(F)C(=O)O)n1. The van der Waals surface area contributed by atoms with E-state index in [1.54, 1.807) is 0 Å². The van der Waals surface area contributed by atoms with Crippen molar-refractivity contribution in [1.29, 1.82) is 0 Å². The average Bonchev–Trinajstić information content (AvgIpc) is 2.49. The molecule has 1 saturated carbocycles. The molecule has 116 valence electrons. The highest BCUT2D eigenvalue weighted by Crippen LogP contribution is 2.51. The second-order valence-electron chi connectivity index (χ2n) is 4.95. The molecule has 6 nitrogen and oxygen atoms in total. The van der Waals surface area contributed by atoms with Gasteiger partial charge in [-0.25, -0.2) is 9.18 Å². The summed E-state index contributed by atoms with van der Waals surface area (Å²) in [5.41, 5.74) is -2.54. The van der Waals surface area contributed by atoms with Crippen LogP contribution in [0.25, 0.3) is 0 Å². The molecule has 1 aliphatic carbocycles. The maximum absolute atomic E-state index is 15.1. The zero-order chi connectivity index (χ0) is 15.7. The third-order valence-electron chi connectivity index (χ3n) is 3.77. The molecule has 0 saturated heterocycles. The Morgan fingerprint density at radius 1 is 1.29 bits per heavy atom. The summed E-state index contributed by atoms with van der Waals surface area (Å²) >= 11 is 4.34. The zero-order valence-corrected chi connectivity index (χ0v) is 12.7. The predicted molar refractivity (Wildman–Crippen MR) is 75.7 cm³/mol. The van der Waals surface area contributed by atoms with Gasteiger partial charge in [-0.1, -0.05) is 6.42 Å². The Labute approximate surface area is 127 Å². The maximum Gasteiger partial charge on any atom is 0.343 e. The first-order valence-electron chi connectivity index (χ1n) is 6.49. The summed E-state index contributed by atoms with van der Waals surface area (Å²) in [7, 11) is 2.80. The van der Waals surface area contributed by atoms with Crippen LogP contribution in [0, 0.1) is 0 Å². The number of aromatic nitrogens is 2. The number of nitrogens with zero attached hydrogens (tertiary/aromatic N) is 2. The number of rotatable bonds is 4. The van der Waals surface area contributed by atoms with Crippen LogP contribution in [-0.4, -0.2) is 40.9 Å². The van der Waals surface area contributed by atoms with Crippen molar-refractivity contribution < 1.29 is 23.8 Å². The molecule has 1 aliphatic rings. The molecule has 0 radical (unpaired) electrons. The number of carbonyl (C=O) groups is 1. The molecular weight excluding hydrogens is 299 g/mol. The molecule has 1 heterocycles. The molecule has 1 aromatic rings. The zero-order valence-electron chi connectivity index (χ0n) is 11.8. The van der Waals surface area contributed by atoms with Crippen LogP contribution in [0.2, 0.25) is 0 Å². The van der Waals surface area contributed by atoms with Gasteiger partial charge in [0.05, 0.1) is 20.3 Å². The van der Waals surface area contributed by atoms with Gasteiger partial charge in [0.15, 0.2) is 5.82 Å². The first kappa shape index (κ1) is 15.8. The van der Waals surface area contributed by atoms with Crippen LogP contribution in [0.3, 0.4) is 0 Å². The van der Waals surface area contributed by atoms with Crippen molar-refractivity contribution in [2.24, 2.45) is 0 Å². The number of thiol groups is 1. The summed E-state index contributed by atoms with van der Waals surface area (Å²) in [6, 6.07) is 1.43. The third kappa shape index (κ3) is 2.52. The molecule has 1 N–H and O–H groups in total. The van der Waals surface area contributed by atoms with Crippen LogP contribution < -0.4 is 9.47 Å². The molecule has 1 aromatic heterocycles. The van der Waals surface area contributed by atoms with Gasteiger partial charge < -0.3 is 14.6 Å².